The first kappa shape index (κ1) is 14.8. The molecule has 1 fully saturated rings. The predicted molar refractivity (Wildman–Crippen MR) is 81.9 cm³/mol. The molecule has 0 saturated heterocycles. The standard InChI is InChI=1S/C14H20Cl2N2O/c1-9-2-4-14(8-19,5-3-9)18-13-7-11(16)10(15)6-12(13)17/h6-7,9,18-19H,2-5,8,17H2,1H3. The van der Waals surface area contributed by atoms with E-state index in [-0.39, 0.29) is 12.1 Å². The van der Waals surface area contributed by atoms with Crippen molar-refractivity contribution in [2.24, 2.45) is 5.92 Å². The molecular weight excluding hydrogens is 283 g/mol. The molecule has 0 unspecified atom stereocenters. The third kappa shape index (κ3) is 3.28. The number of hydrogen-bond acceptors (Lipinski definition) is 3. The van der Waals surface area contributed by atoms with E-state index in [0.29, 0.717) is 21.7 Å². The Morgan fingerprint density at radius 1 is 1.32 bits per heavy atom. The first-order chi connectivity index (χ1) is 8.96. The lowest BCUT2D eigenvalue weighted by Gasteiger charge is -2.40. The Bertz CT molecular complexity index is 457. The summed E-state index contributed by atoms with van der Waals surface area (Å²) >= 11 is 12.0. The summed E-state index contributed by atoms with van der Waals surface area (Å²) in [5, 5.41) is 14.0. The number of nitrogens with one attached hydrogen (secondary N) is 1. The average Bonchev–Trinajstić information content (AvgIpc) is 2.39. The number of anilines is 2. The Morgan fingerprint density at radius 2 is 1.89 bits per heavy atom. The third-order valence-corrected chi connectivity index (χ3v) is 4.75. The maximum atomic E-state index is 9.74. The molecule has 2 rings (SSSR count). The second kappa shape index (κ2) is 5.78. The molecule has 1 saturated carbocycles. The Morgan fingerprint density at radius 3 is 2.47 bits per heavy atom. The van der Waals surface area contributed by atoms with Gasteiger partial charge in [-0.05, 0) is 43.7 Å². The van der Waals surface area contributed by atoms with Gasteiger partial charge in [0.25, 0.3) is 0 Å². The van der Waals surface area contributed by atoms with Crippen LogP contribution in [0.15, 0.2) is 12.1 Å². The first-order valence-electron chi connectivity index (χ1n) is 6.59. The van der Waals surface area contributed by atoms with Gasteiger partial charge in [-0.2, -0.15) is 0 Å². The van der Waals surface area contributed by atoms with Gasteiger partial charge in [0, 0.05) is 0 Å². The van der Waals surface area contributed by atoms with Crippen molar-refractivity contribution in [2.75, 3.05) is 17.7 Å². The van der Waals surface area contributed by atoms with Gasteiger partial charge < -0.3 is 16.2 Å². The molecule has 1 aromatic rings. The number of rotatable bonds is 3. The van der Waals surface area contributed by atoms with Crippen LogP contribution >= 0.6 is 23.2 Å². The molecule has 4 N–H and O–H groups in total. The van der Waals surface area contributed by atoms with Crippen molar-refractivity contribution in [3.05, 3.63) is 22.2 Å². The Hall–Kier alpha value is -0.640. The van der Waals surface area contributed by atoms with Crippen LogP contribution in [0.2, 0.25) is 10.0 Å². The van der Waals surface area contributed by atoms with E-state index in [1.807, 2.05) is 0 Å². The van der Waals surface area contributed by atoms with Gasteiger partial charge in [-0.25, -0.2) is 0 Å². The van der Waals surface area contributed by atoms with E-state index in [9.17, 15) is 5.11 Å². The number of aliphatic hydroxyl groups is 1. The maximum Gasteiger partial charge on any atom is 0.0661 e. The highest BCUT2D eigenvalue weighted by molar-refractivity contribution is 6.42. The summed E-state index contributed by atoms with van der Waals surface area (Å²) in [5.41, 5.74) is 6.97. The fourth-order valence-corrected chi connectivity index (χ4v) is 2.93. The molecular formula is C14H20Cl2N2O. The molecule has 0 bridgehead atoms. The third-order valence-electron chi connectivity index (χ3n) is 4.03. The van der Waals surface area contributed by atoms with Crippen LogP contribution in [0.3, 0.4) is 0 Å². The lowest BCUT2D eigenvalue weighted by Crippen LogP contribution is -2.45. The normalized spacial score (nSPS) is 27.3. The van der Waals surface area contributed by atoms with Gasteiger partial charge in [0.2, 0.25) is 0 Å². The monoisotopic (exact) mass is 302 g/mol. The SMILES string of the molecule is CC1CCC(CO)(Nc2cc(Cl)c(Cl)cc2N)CC1. The van der Waals surface area contributed by atoms with Crippen molar-refractivity contribution < 1.29 is 5.11 Å². The summed E-state index contributed by atoms with van der Waals surface area (Å²) in [6.45, 7) is 2.34. The predicted octanol–water partition coefficient (Wildman–Crippen LogP) is 3.93. The molecule has 1 aromatic carbocycles. The van der Waals surface area contributed by atoms with Gasteiger partial charge in [0.1, 0.15) is 0 Å². The molecule has 1 aliphatic rings. The largest absolute Gasteiger partial charge is 0.397 e. The quantitative estimate of drug-likeness (QED) is 0.742. The molecule has 0 aromatic heterocycles. The van der Waals surface area contributed by atoms with Crippen LogP contribution in [0.1, 0.15) is 32.6 Å². The molecule has 0 amide bonds. The van der Waals surface area contributed by atoms with E-state index in [4.69, 9.17) is 28.9 Å². The highest BCUT2D eigenvalue weighted by Crippen LogP contribution is 2.38. The number of halogens is 2. The van der Waals surface area contributed by atoms with Crippen LogP contribution in [0, 0.1) is 5.92 Å². The summed E-state index contributed by atoms with van der Waals surface area (Å²) in [5.74, 6) is 0.715. The van der Waals surface area contributed by atoms with Crippen molar-refractivity contribution in [1.29, 1.82) is 0 Å². The van der Waals surface area contributed by atoms with Crippen LogP contribution in [-0.4, -0.2) is 17.3 Å². The van der Waals surface area contributed by atoms with Crippen LogP contribution in [-0.2, 0) is 0 Å². The zero-order chi connectivity index (χ0) is 14.0. The molecule has 0 radical (unpaired) electrons. The number of benzene rings is 1. The second-order valence-electron chi connectivity index (χ2n) is 5.60. The smallest absolute Gasteiger partial charge is 0.0661 e. The summed E-state index contributed by atoms with van der Waals surface area (Å²) in [4.78, 5) is 0. The maximum absolute atomic E-state index is 9.74. The topological polar surface area (TPSA) is 58.3 Å². The fourth-order valence-electron chi connectivity index (χ4n) is 2.59. The van der Waals surface area contributed by atoms with Gasteiger partial charge in [-0.15, -0.1) is 0 Å². The first-order valence-corrected chi connectivity index (χ1v) is 7.35. The average molecular weight is 303 g/mol. The van der Waals surface area contributed by atoms with Crippen LogP contribution < -0.4 is 11.1 Å². The molecule has 5 heteroatoms. The van der Waals surface area contributed by atoms with E-state index >= 15 is 0 Å². The Labute approximate surface area is 124 Å². The lowest BCUT2D eigenvalue weighted by molar-refractivity contribution is 0.155. The van der Waals surface area contributed by atoms with E-state index in [0.717, 1.165) is 31.4 Å². The Balaban J connectivity index is 2.21. The highest BCUT2D eigenvalue weighted by Gasteiger charge is 2.34. The number of aliphatic hydroxyl groups excluding tert-OH is 1. The van der Waals surface area contributed by atoms with Crippen LogP contribution in [0.5, 0.6) is 0 Å². The molecule has 0 spiro atoms. The molecule has 0 aliphatic heterocycles. The Kier molecular flexibility index (Phi) is 4.49. The van der Waals surface area contributed by atoms with Gasteiger partial charge >= 0.3 is 0 Å². The summed E-state index contributed by atoms with van der Waals surface area (Å²) in [6, 6.07) is 3.37. The summed E-state index contributed by atoms with van der Waals surface area (Å²) < 4.78 is 0. The summed E-state index contributed by atoms with van der Waals surface area (Å²) in [7, 11) is 0. The van der Waals surface area contributed by atoms with Gasteiger partial charge in [-0.1, -0.05) is 30.1 Å². The van der Waals surface area contributed by atoms with Gasteiger partial charge in [0.15, 0.2) is 0 Å². The van der Waals surface area contributed by atoms with E-state index in [2.05, 4.69) is 12.2 Å². The van der Waals surface area contributed by atoms with Gasteiger partial charge in [0.05, 0.1) is 33.6 Å². The zero-order valence-corrected chi connectivity index (χ0v) is 12.6. The lowest BCUT2D eigenvalue weighted by atomic mass is 9.77. The molecule has 106 valence electrons. The van der Waals surface area contributed by atoms with Crippen molar-refractivity contribution in [3.63, 3.8) is 0 Å². The molecule has 0 atom stereocenters. The van der Waals surface area contributed by atoms with Crippen molar-refractivity contribution in [1.82, 2.24) is 0 Å². The van der Waals surface area contributed by atoms with E-state index in [1.165, 1.54) is 0 Å². The fraction of sp³-hybridized carbons (Fsp3) is 0.571. The molecule has 19 heavy (non-hydrogen) atoms. The second-order valence-corrected chi connectivity index (χ2v) is 6.41. The number of nitrogen functional groups attached to an aromatic ring is 1. The van der Waals surface area contributed by atoms with E-state index in [1.54, 1.807) is 12.1 Å². The minimum absolute atomic E-state index is 0.0966. The minimum Gasteiger partial charge on any atom is -0.397 e. The minimum atomic E-state index is -0.294. The highest BCUT2D eigenvalue weighted by atomic mass is 35.5. The van der Waals surface area contributed by atoms with Crippen molar-refractivity contribution >= 4 is 34.6 Å². The molecule has 1 aliphatic carbocycles. The van der Waals surface area contributed by atoms with Crippen LogP contribution in [0.4, 0.5) is 11.4 Å². The summed E-state index contributed by atoms with van der Waals surface area (Å²) in [6.07, 6.45) is 4.08. The molecule has 3 nitrogen and oxygen atoms in total. The zero-order valence-electron chi connectivity index (χ0n) is 11.0. The number of hydrogen-bond donors (Lipinski definition) is 3. The van der Waals surface area contributed by atoms with Gasteiger partial charge in [-0.3, -0.25) is 0 Å². The van der Waals surface area contributed by atoms with Crippen LogP contribution in [0.25, 0.3) is 0 Å². The molecule has 0 heterocycles. The van der Waals surface area contributed by atoms with E-state index < -0.39 is 0 Å². The number of nitrogens with two attached hydrogens (primary N) is 1. The van der Waals surface area contributed by atoms with Crippen molar-refractivity contribution in [2.45, 2.75) is 38.1 Å². The van der Waals surface area contributed by atoms with Crippen molar-refractivity contribution in [3.8, 4) is 0 Å².